The van der Waals surface area contributed by atoms with Gasteiger partial charge in [-0.05, 0) is 30.7 Å². The van der Waals surface area contributed by atoms with Gasteiger partial charge in [0.05, 0.1) is 12.8 Å². The second kappa shape index (κ2) is 5.14. The monoisotopic (exact) mass is 262 g/mol. The Morgan fingerprint density at radius 1 is 1.28 bits per heavy atom. The quantitative estimate of drug-likeness (QED) is 0.798. The van der Waals surface area contributed by atoms with Crippen molar-refractivity contribution in [3.05, 3.63) is 40.8 Å². The highest BCUT2D eigenvalue weighted by Gasteiger charge is 2.12. The number of aromatic nitrogens is 2. The predicted molar refractivity (Wildman–Crippen MR) is 69.2 cm³/mol. The third-order valence-electron chi connectivity index (χ3n) is 2.53. The number of ether oxygens (including phenoxy) is 1. The predicted octanol–water partition coefficient (Wildman–Crippen LogP) is 2.93. The molecule has 0 aliphatic heterocycles. The summed E-state index contributed by atoms with van der Waals surface area (Å²) in [5, 5.41) is 0.592. The van der Waals surface area contributed by atoms with E-state index in [1.54, 1.807) is 19.2 Å². The molecule has 2 aromatic rings. The molecule has 0 unspecified atom stereocenters. The zero-order valence-electron chi connectivity index (χ0n) is 9.98. The molecular weight excluding hydrogens is 252 g/mol. The van der Waals surface area contributed by atoms with Crippen LogP contribution in [0.3, 0.4) is 0 Å². The lowest BCUT2D eigenvalue weighted by Gasteiger charge is -2.11. The highest BCUT2D eigenvalue weighted by atomic mass is 35.5. The summed E-state index contributed by atoms with van der Waals surface area (Å²) >= 11 is 6.03. The topological polar surface area (TPSA) is 52.1 Å². The molecule has 0 saturated carbocycles. The summed E-state index contributed by atoms with van der Waals surface area (Å²) in [5.41, 5.74) is 2.58. The van der Waals surface area contributed by atoms with Gasteiger partial charge < -0.3 is 4.74 Å². The van der Waals surface area contributed by atoms with Gasteiger partial charge in [-0.1, -0.05) is 11.6 Å². The highest BCUT2D eigenvalue weighted by Crippen LogP contribution is 2.34. The smallest absolute Gasteiger partial charge is 0.168 e. The molecule has 4 nitrogen and oxygen atoms in total. The Bertz CT molecular complexity index is 600. The summed E-state index contributed by atoms with van der Waals surface area (Å²) in [5.74, 6) is 0.690. The van der Waals surface area contributed by atoms with Gasteiger partial charge in [0.25, 0.3) is 0 Å². The molecule has 1 aromatic carbocycles. The van der Waals surface area contributed by atoms with E-state index in [2.05, 4.69) is 9.97 Å². The van der Waals surface area contributed by atoms with Gasteiger partial charge in [-0.15, -0.1) is 0 Å². The molecule has 1 aromatic heterocycles. The number of hydrogen-bond donors (Lipinski definition) is 0. The van der Waals surface area contributed by atoms with Crippen LogP contribution >= 0.6 is 11.6 Å². The van der Waals surface area contributed by atoms with Crippen LogP contribution in [-0.2, 0) is 0 Å². The third-order valence-corrected chi connectivity index (χ3v) is 2.75. The van der Waals surface area contributed by atoms with E-state index in [9.17, 15) is 4.79 Å². The summed E-state index contributed by atoms with van der Waals surface area (Å²) in [6, 6.07) is 5.16. The fourth-order valence-electron chi connectivity index (χ4n) is 1.78. The maximum absolute atomic E-state index is 10.7. The van der Waals surface area contributed by atoms with Crippen LogP contribution in [0.15, 0.2) is 24.5 Å². The maximum Gasteiger partial charge on any atom is 0.168 e. The molecule has 0 aliphatic carbocycles. The number of nitrogens with zero attached hydrogens (tertiary/aromatic N) is 2. The van der Waals surface area contributed by atoms with Gasteiger partial charge in [0.15, 0.2) is 6.29 Å². The zero-order chi connectivity index (χ0) is 13.1. The fourth-order valence-corrected chi connectivity index (χ4v) is 2.05. The maximum atomic E-state index is 10.7. The Kier molecular flexibility index (Phi) is 3.58. The molecule has 18 heavy (non-hydrogen) atoms. The second-order valence-electron chi connectivity index (χ2n) is 3.75. The van der Waals surface area contributed by atoms with Crippen molar-refractivity contribution in [2.24, 2.45) is 0 Å². The van der Waals surface area contributed by atoms with Crippen molar-refractivity contribution < 1.29 is 9.53 Å². The standard InChI is InChI=1S/C13H11ClN2O2/c1-8-3-9(14)4-11(13(8)18-2)12-5-10(6-17)15-7-16-12/h3-7H,1-2H3. The number of hydrogen-bond acceptors (Lipinski definition) is 4. The number of aryl methyl sites for hydroxylation is 1. The van der Waals surface area contributed by atoms with E-state index in [1.165, 1.54) is 6.33 Å². The van der Waals surface area contributed by atoms with Crippen molar-refractivity contribution >= 4 is 17.9 Å². The number of methoxy groups -OCH3 is 1. The summed E-state index contributed by atoms with van der Waals surface area (Å²) in [6.45, 7) is 1.90. The number of carbonyl (C=O) groups excluding carboxylic acids is 1. The zero-order valence-corrected chi connectivity index (χ0v) is 10.7. The number of carbonyl (C=O) groups is 1. The Labute approximate surface area is 110 Å². The van der Waals surface area contributed by atoms with Gasteiger partial charge in [0.2, 0.25) is 0 Å². The van der Waals surface area contributed by atoms with Crippen LogP contribution in [0.4, 0.5) is 0 Å². The minimum absolute atomic E-state index is 0.319. The summed E-state index contributed by atoms with van der Waals surface area (Å²) < 4.78 is 5.35. The van der Waals surface area contributed by atoms with E-state index in [0.29, 0.717) is 28.4 Å². The lowest BCUT2D eigenvalue weighted by molar-refractivity contribution is 0.111. The molecule has 0 fully saturated rings. The van der Waals surface area contributed by atoms with Crippen molar-refractivity contribution in [2.45, 2.75) is 6.92 Å². The van der Waals surface area contributed by atoms with Gasteiger partial charge in [-0.25, -0.2) is 9.97 Å². The van der Waals surface area contributed by atoms with Gasteiger partial charge in [0, 0.05) is 10.6 Å². The van der Waals surface area contributed by atoms with Crippen molar-refractivity contribution in [2.75, 3.05) is 7.11 Å². The van der Waals surface area contributed by atoms with Crippen LogP contribution in [0.5, 0.6) is 5.75 Å². The average molecular weight is 263 g/mol. The first-order chi connectivity index (χ1) is 8.65. The van der Waals surface area contributed by atoms with Crippen LogP contribution in [0.25, 0.3) is 11.3 Å². The number of rotatable bonds is 3. The number of halogens is 1. The fraction of sp³-hybridized carbons (Fsp3) is 0.154. The van der Waals surface area contributed by atoms with Crippen molar-refractivity contribution in [1.29, 1.82) is 0 Å². The molecule has 0 radical (unpaired) electrons. The molecule has 1 heterocycles. The summed E-state index contributed by atoms with van der Waals surface area (Å²) in [4.78, 5) is 18.7. The largest absolute Gasteiger partial charge is 0.496 e. The molecule has 0 amide bonds. The molecule has 0 aliphatic rings. The van der Waals surface area contributed by atoms with E-state index in [1.807, 2.05) is 13.0 Å². The summed E-state index contributed by atoms with van der Waals surface area (Å²) in [7, 11) is 1.58. The average Bonchev–Trinajstić information content (AvgIpc) is 2.38. The van der Waals surface area contributed by atoms with Gasteiger partial charge >= 0.3 is 0 Å². The first kappa shape index (κ1) is 12.5. The molecule has 0 spiro atoms. The molecular formula is C13H11ClN2O2. The molecule has 5 heteroatoms. The van der Waals surface area contributed by atoms with Crippen LogP contribution < -0.4 is 4.74 Å². The minimum Gasteiger partial charge on any atom is -0.496 e. The van der Waals surface area contributed by atoms with Crippen molar-refractivity contribution in [3.63, 3.8) is 0 Å². The molecule has 0 saturated heterocycles. The highest BCUT2D eigenvalue weighted by molar-refractivity contribution is 6.31. The Hall–Kier alpha value is -1.94. The Morgan fingerprint density at radius 2 is 2.06 bits per heavy atom. The van der Waals surface area contributed by atoms with E-state index < -0.39 is 0 Å². The van der Waals surface area contributed by atoms with Crippen LogP contribution in [-0.4, -0.2) is 23.4 Å². The van der Waals surface area contributed by atoms with Crippen molar-refractivity contribution in [3.8, 4) is 17.0 Å². The van der Waals surface area contributed by atoms with Crippen LogP contribution in [0.2, 0.25) is 5.02 Å². The van der Waals surface area contributed by atoms with Crippen LogP contribution in [0.1, 0.15) is 16.1 Å². The van der Waals surface area contributed by atoms with E-state index in [0.717, 1.165) is 11.1 Å². The SMILES string of the molecule is COc1c(C)cc(Cl)cc1-c1cc(C=O)ncn1. The first-order valence-corrected chi connectivity index (χ1v) is 5.65. The molecule has 92 valence electrons. The van der Waals surface area contributed by atoms with Gasteiger partial charge in [-0.3, -0.25) is 4.79 Å². The van der Waals surface area contributed by atoms with Gasteiger partial charge in [0.1, 0.15) is 17.8 Å². The normalized spacial score (nSPS) is 10.2. The number of benzene rings is 1. The summed E-state index contributed by atoms with van der Waals surface area (Å²) in [6.07, 6.45) is 2.02. The molecule has 2 rings (SSSR count). The lowest BCUT2D eigenvalue weighted by atomic mass is 10.1. The second-order valence-corrected chi connectivity index (χ2v) is 4.19. The Morgan fingerprint density at radius 3 is 2.72 bits per heavy atom. The third kappa shape index (κ3) is 2.33. The van der Waals surface area contributed by atoms with E-state index >= 15 is 0 Å². The first-order valence-electron chi connectivity index (χ1n) is 5.27. The van der Waals surface area contributed by atoms with Crippen LogP contribution in [0, 0.1) is 6.92 Å². The molecule has 0 bridgehead atoms. The minimum atomic E-state index is 0.319. The molecule has 0 N–H and O–H groups in total. The van der Waals surface area contributed by atoms with E-state index in [4.69, 9.17) is 16.3 Å². The Balaban J connectivity index is 2.65. The number of aldehydes is 1. The lowest BCUT2D eigenvalue weighted by Crippen LogP contribution is -1.96. The van der Waals surface area contributed by atoms with E-state index in [-0.39, 0.29) is 0 Å². The van der Waals surface area contributed by atoms with Gasteiger partial charge in [-0.2, -0.15) is 0 Å². The molecule has 0 atom stereocenters. The van der Waals surface area contributed by atoms with Crippen molar-refractivity contribution in [1.82, 2.24) is 9.97 Å².